The minimum atomic E-state index is 1.03. The van der Waals surface area contributed by atoms with E-state index in [2.05, 4.69) is 11.6 Å². The highest BCUT2D eigenvalue weighted by Crippen LogP contribution is 2.03. The summed E-state index contributed by atoms with van der Waals surface area (Å²) in [6, 6.07) is 0. The summed E-state index contributed by atoms with van der Waals surface area (Å²) in [6.45, 7) is 9.50. The van der Waals surface area contributed by atoms with Crippen molar-refractivity contribution in [3.63, 3.8) is 0 Å². The molecule has 0 unspecified atom stereocenters. The predicted molar refractivity (Wildman–Crippen MR) is 42.7 cm³/mol. The van der Waals surface area contributed by atoms with Crippen LogP contribution in [0.4, 0.5) is 0 Å². The van der Waals surface area contributed by atoms with Gasteiger partial charge in [0, 0.05) is 11.9 Å². The Balaban J connectivity index is 4.27. The van der Waals surface area contributed by atoms with Crippen LogP contribution in [0.3, 0.4) is 0 Å². The molecule has 1 nitrogen and oxygen atoms in total. The van der Waals surface area contributed by atoms with Gasteiger partial charge in [-0.1, -0.05) is 12.7 Å². The van der Waals surface area contributed by atoms with Crippen LogP contribution in [0.25, 0.3) is 0 Å². The van der Waals surface area contributed by atoms with E-state index in [4.69, 9.17) is 0 Å². The Morgan fingerprint density at radius 2 is 2.00 bits per heavy atom. The summed E-state index contributed by atoms with van der Waals surface area (Å²) in [5.41, 5.74) is 2.17. The molecule has 0 bridgehead atoms. The number of rotatable bonds is 2. The molecule has 0 saturated carbocycles. The van der Waals surface area contributed by atoms with Crippen molar-refractivity contribution in [2.45, 2.75) is 20.8 Å². The summed E-state index contributed by atoms with van der Waals surface area (Å²) in [5, 5.41) is 0. The maximum atomic E-state index is 4.08. The molecule has 0 aliphatic carbocycles. The fourth-order valence-corrected chi connectivity index (χ4v) is 0.443. The summed E-state index contributed by atoms with van der Waals surface area (Å²) in [6.07, 6.45) is 3.59. The first kappa shape index (κ1) is 8.15. The van der Waals surface area contributed by atoms with Crippen LogP contribution >= 0.6 is 0 Å². The number of aliphatic imine (C=N–C) groups is 1. The van der Waals surface area contributed by atoms with Gasteiger partial charge in [-0.3, -0.25) is 4.99 Å². The van der Waals surface area contributed by atoms with Crippen LogP contribution in [-0.2, 0) is 0 Å². The van der Waals surface area contributed by atoms with Crippen molar-refractivity contribution in [3.05, 3.63) is 23.9 Å². The van der Waals surface area contributed by atoms with Crippen LogP contribution in [-0.4, -0.2) is 6.21 Å². The predicted octanol–water partition coefficient (Wildman–Crippen LogP) is 2.56. The van der Waals surface area contributed by atoms with Crippen LogP contribution in [0.2, 0.25) is 0 Å². The highest BCUT2D eigenvalue weighted by molar-refractivity contribution is 5.55. The van der Waals surface area contributed by atoms with E-state index in [0.717, 1.165) is 11.3 Å². The molecule has 0 spiro atoms. The molecule has 50 valence electrons. The van der Waals surface area contributed by atoms with E-state index in [1.807, 2.05) is 26.8 Å². The van der Waals surface area contributed by atoms with E-state index < -0.39 is 0 Å². The molecule has 0 atom stereocenters. The van der Waals surface area contributed by atoms with Gasteiger partial charge in [-0.25, -0.2) is 0 Å². The Morgan fingerprint density at radius 1 is 1.44 bits per heavy atom. The summed E-state index contributed by atoms with van der Waals surface area (Å²) in [5.74, 6) is 0. The quantitative estimate of drug-likeness (QED) is 0.395. The SMILES string of the molecule is C=C/C(C)=C(\C)N=CC. The summed E-state index contributed by atoms with van der Waals surface area (Å²) < 4.78 is 0. The van der Waals surface area contributed by atoms with E-state index in [1.165, 1.54) is 0 Å². The van der Waals surface area contributed by atoms with Crippen LogP contribution in [0.5, 0.6) is 0 Å². The minimum Gasteiger partial charge on any atom is -0.266 e. The van der Waals surface area contributed by atoms with Gasteiger partial charge in [0.05, 0.1) is 0 Å². The Kier molecular flexibility index (Phi) is 3.69. The van der Waals surface area contributed by atoms with Gasteiger partial charge in [0.2, 0.25) is 0 Å². The molecule has 0 N–H and O–H groups in total. The molecule has 0 fully saturated rings. The van der Waals surface area contributed by atoms with Gasteiger partial charge in [-0.15, -0.1) is 0 Å². The zero-order valence-electron chi connectivity index (χ0n) is 6.31. The second-order valence-electron chi connectivity index (χ2n) is 1.86. The molecule has 0 saturated heterocycles. The van der Waals surface area contributed by atoms with Crippen molar-refractivity contribution in [1.29, 1.82) is 0 Å². The van der Waals surface area contributed by atoms with Gasteiger partial charge >= 0.3 is 0 Å². The van der Waals surface area contributed by atoms with Crippen molar-refractivity contribution in [2.75, 3.05) is 0 Å². The third kappa shape index (κ3) is 2.85. The van der Waals surface area contributed by atoms with Gasteiger partial charge in [0.1, 0.15) is 0 Å². The lowest BCUT2D eigenvalue weighted by molar-refractivity contribution is 1.24. The average molecular weight is 123 g/mol. The van der Waals surface area contributed by atoms with E-state index in [0.29, 0.717) is 0 Å². The van der Waals surface area contributed by atoms with Crippen molar-refractivity contribution >= 4 is 6.21 Å². The Morgan fingerprint density at radius 3 is 2.33 bits per heavy atom. The first-order valence-electron chi connectivity index (χ1n) is 3.01. The maximum Gasteiger partial charge on any atom is 0.0397 e. The first-order valence-corrected chi connectivity index (χ1v) is 3.01. The zero-order valence-corrected chi connectivity index (χ0v) is 6.31. The molecule has 0 heterocycles. The fourth-order valence-electron chi connectivity index (χ4n) is 0.443. The van der Waals surface area contributed by atoms with Crippen molar-refractivity contribution in [3.8, 4) is 0 Å². The molecule has 0 radical (unpaired) electrons. The average Bonchev–Trinajstić information content (AvgIpc) is 1.87. The second-order valence-corrected chi connectivity index (χ2v) is 1.86. The van der Waals surface area contributed by atoms with Crippen LogP contribution in [0.1, 0.15) is 20.8 Å². The molecule has 0 amide bonds. The molecule has 0 rings (SSSR count). The van der Waals surface area contributed by atoms with Crippen LogP contribution in [0.15, 0.2) is 28.9 Å². The lowest BCUT2D eigenvalue weighted by Gasteiger charge is -1.93. The van der Waals surface area contributed by atoms with Gasteiger partial charge in [0.25, 0.3) is 0 Å². The first-order chi connectivity index (χ1) is 4.22. The zero-order chi connectivity index (χ0) is 7.28. The highest BCUT2D eigenvalue weighted by Gasteiger charge is 1.84. The van der Waals surface area contributed by atoms with Crippen molar-refractivity contribution in [2.24, 2.45) is 4.99 Å². The summed E-state index contributed by atoms with van der Waals surface area (Å²) >= 11 is 0. The van der Waals surface area contributed by atoms with Gasteiger partial charge < -0.3 is 0 Å². The number of nitrogens with zero attached hydrogens (tertiary/aromatic N) is 1. The van der Waals surface area contributed by atoms with Gasteiger partial charge in [-0.2, -0.15) is 0 Å². The second kappa shape index (κ2) is 4.07. The van der Waals surface area contributed by atoms with Crippen LogP contribution < -0.4 is 0 Å². The smallest absolute Gasteiger partial charge is 0.0397 e. The number of hydrogen-bond acceptors (Lipinski definition) is 1. The minimum absolute atomic E-state index is 1.03. The lowest BCUT2D eigenvalue weighted by atomic mass is 10.2. The molecule has 0 aromatic carbocycles. The van der Waals surface area contributed by atoms with E-state index in [1.54, 1.807) is 6.21 Å². The standard InChI is InChI=1S/C8H13N/c1-5-7(3)8(4)9-6-2/h5-6H,1H2,2-4H3/b8-7+,9-6?. The highest BCUT2D eigenvalue weighted by atomic mass is 14.7. The Hall–Kier alpha value is -0.850. The lowest BCUT2D eigenvalue weighted by Crippen LogP contribution is -1.75. The normalized spacial score (nSPS) is 13.7. The molecule has 0 aliphatic rings. The Labute approximate surface area is 56.8 Å². The molecular weight excluding hydrogens is 110 g/mol. The maximum absolute atomic E-state index is 4.08. The fraction of sp³-hybridized carbons (Fsp3) is 0.375. The van der Waals surface area contributed by atoms with Gasteiger partial charge in [0.15, 0.2) is 0 Å². The molecule has 0 aromatic heterocycles. The molecule has 1 heteroatoms. The van der Waals surface area contributed by atoms with E-state index in [9.17, 15) is 0 Å². The van der Waals surface area contributed by atoms with E-state index in [-0.39, 0.29) is 0 Å². The van der Waals surface area contributed by atoms with Gasteiger partial charge in [-0.05, 0) is 26.3 Å². The summed E-state index contributed by atoms with van der Waals surface area (Å²) in [7, 11) is 0. The molecular formula is C8H13N. The molecule has 0 aromatic rings. The largest absolute Gasteiger partial charge is 0.266 e. The topological polar surface area (TPSA) is 12.4 Å². The molecule has 9 heavy (non-hydrogen) atoms. The van der Waals surface area contributed by atoms with Crippen molar-refractivity contribution in [1.82, 2.24) is 0 Å². The number of hydrogen-bond donors (Lipinski definition) is 0. The summed E-state index contributed by atoms with van der Waals surface area (Å²) in [4.78, 5) is 4.08. The van der Waals surface area contributed by atoms with E-state index >= 15 is 0 Å². The third-order valence-corrected chi connectivity index (χ3v) is 1.20. The van der Waals surface area contributed by atoms with Crippen LogP contribution in [0, 0.1) is 0 Å². The third-order valence-electron chi connectivity index (χ3n) is 1.20. The Bertz CT molecular complexity index is 152. The van der Waals surface area contributed by atoms with Crippen molar-refractivity contribution < 1.29 is 0 Å². The molecule has 0 aliphatic heterocycles. The number of allylic oxidation sites excluding steroid dienone is 3. The monoisotopic (exact) mass is 123 g/mol.